The number of carbonyl (C=O) groups excluding carboxylic acids is 4. The van der Waals surface area contributed by atoms with Crippen LogP contribution in [-0.4, -0.2) is 138 Å². The number of methoxy groups -OCH3 is 2. The Morgan fingerprint density at radius 3 is 1.17 bits per heavy atom. The molecule has 0 saturated carbocycles. The number of nitrogens with two attached hydrogens (primary N) is 2. The second-order valence-corrected chi connectivity index (χ2v) is 39.8. The molecule has 0 spiro atoms. The van der Waals surface area contributed by atoms with Crippen molar-refractivity contribution in [2.24, 2.45) is 33.8 Å². The van der Waals surface area contributed by atoms with Gasteiger partial charge in [-0.3, -0.25) is 34.2 Å². The number of pyridine rings is 2. The molecule has 2 aromatic heterocycles. The van der Waals surface area contributed by atoms with E-state index in [0.29, 0.717) is 101 Å². The van der Waals surface area contributed by atoms with Crippen LogP contribution in [0.3, 0.4) is 0 Å². The molecule has 102 heavy (non-hydrogen) atoms. The number of ether oxygens (including phenoxy) is 4. The third kappa shape index (κ3) is 14.4. The smallest absolute Gasteiger partial charge is 0.312 e. The molecule has 9 atom stereocenters. The van der Waals surface area contributed by atoms with Gasteiger partial charge in [0.15, 0.2) is 11.6 Å². The predicted octanol–water partition coefficient (Wildman–Crippen LogP) is 12.8. The standard InChI is InChI=1S/C30H38FN3O5S.C24H29FN4O3S.C21H30FN3O3S/c1-18-13-20(38-8)17-32-27(18)23(35)15-19-9-10-22(31)21(14-19)30(7)25-11-12-33-40(25,37)29(5,6)24(34-30)16-26(36)39-28(2,3)4;1-14-10-16(32-5)13-27-21(14)19(30)12-15-6-7-18(25)17(11-15)24(4)20-8-9-28-33(20,31)23(2,3)22(26)29-24;1-19(2,3)28-18(26)12-16-20(4,5)29(27)17(9-10-24-29)21(6,25-16)14-11-13(23)7-8-15(14)22/h9-10,13-14,17,25H,11-12,15-16H2,1-8H3;6-7,10-11,13,20H,8-9,12H2,1-5H3,(H2,26,29);7-8,11,17H,9-10,12,23H2,1-6H3/t25-,30+,40+;20-,24+,33+;17-,21+,29+/m000/s1. The number of esters is 2. The molecular weight excluding hydrogens is 1370 g/mol. The van der Waals surface area contributed by atoms with E-state index >= 15 is 8.78 Å². The van der Waals surface area contributed by atoms with Crippen LogP contribution in [0, 0.1) is 31.3 Å². The van der Waals surface area contributed by atoms with Gasteiger partial charge in [-0.2, -0.15) is 0 Å². The Hall–Kier alpha value is -7.91. The van der Waals surface area contributed by atoms with Gasteiger partial charge >= 0.3 is 11.9 Å². The Bertz CT molecular complexity index is 4740. The molecule has 0 saturated heterocycles. The Balaban J connectivity index is 0.000000180. The molecule has 0 amide bonds. The average Bonchev–Trinajstić information content (AvgIpc) is 1.41. The number of nitrogen functional groups attached to an aromatic ring is 1. The minimum atomic E-state index is -2.95. The molecule has 3 aromatic carbocycles. The highest BCUT2D eigenvalue weighted by Crippen LogP contribution is 2.52. The van der Waals surface area contributed by atoms with Gasteiger partial charge in [0.25, 0.3) is 0 Å². The molecule has 552 valence electrons. The number of fused-ring (bicyclic) bond motifs is 3. The highest BCUT2D eigenvalue weighted by Gasteiger charge is 2.60. The van der Waals surface area contributed by atoms with Crippen molar-refractivity contribution in [3.8, 4) is 11.5 Å². The third-order valence-electron chi connectivity index (χ3n) is 20.3. The van der Waals surface area contributed by atoms with Crippen LogP contribution in [0.5, 0.6) is 11.5 Å². The first-order valence-electron chi connectivity index (χ1n) is 34.0. The number of hydrogen-bond acceptors (Lipinski definition) is 21. The zero-order valence-corrected chi connectivity index (χ0v) is 64.3. The molecule has 11 rings (SSSR count). The van der Waals surface area contributed by atoms with Gasteiger partial charge in [0, 0.05) is 66.3 Å². The van der Waals surface area contributed by atoms with Crippen molar-refractivity contribution >= 4 is 75.6 Å². The van der Waals surface area contributed by atoms with Crippen LogP contribution in [0.25, 0.3) is 0 Å². The van der Waals surface area contributed by atoms with E-state index in [-0.39, 0.29) is 59.8 Å². The van der Waals surface area contributed by atoms with Crippen molar-refractivity contribution in [3.05, 3.63) is 147 Å². The fourth-order valence-corrected chi connectivity index (χ4v) is 24.4. The van der Waals surface area contributed by atoms with E-state index in [2.05, 4.69) is 23.1 Å². The quantitative estimate of drug-likeness (QED) is 0.0559. The molecule has 0 fully saturated rings. The molecule has 5 aromatic rings. The maximum Gasteiger partial charge on any atom is 0.312 e. The summed E-state index contributed by atoms with van der Waals surface area (Å²) >= 11 is 0. The predicted molar refractivity (Wildman–Crippen MR) is 394 cm³/mol. The minimum Gasteiger partial charge on any atom is -0.495 e. The van der Waals surface area contributed by atoms with Crippen molar-refractivity contribution in [1.82, 2.24) is 9.97 Å². The lowest BCUT2D eigenvalue weighted by molar-refractivity contribution is -0.154. The van der Waals surface area contributed by atoms with Crippen molar-refractivity contribution in [1.29, 1.82) is 0 Å². The first-order valence-corrected chi connectivity index (χ1v) is 38.7. The lowest BCUT2D eigenvalue weighted by atomic mass is 9.84. The van der Waals surface area contributed by atoms with E-state index in [1.807, 2.05) is 0 Å². The highest BCUT2D eigenvalue weighted by atomic mass is 32.2. The number of carbonyl (C=O) groups is 4. The molecule has 27 heteroatoms. The Kier molecular flexibility index (Phi) is 21.4. The molecule has 6 aliphatic heterocycles. The van der Waals surface area contributed by atoms with Gasteiger partial charge in [-0.1, -0.05) is 12.1 Å². The fourth-order valence-electron chi connectivity index (χ4n) is 14.7. The molecule has 21 nitrogen and oxygen atoms in total. The summed E-state index contributed by atoms with van der Waals surface area (Å²) in [4.78, 5) is 74.6. The van der Waals surface area contributed by atoms with Crippen molar-refractivity contribution in [2.45, 2.75) is 220 Å². The van der Waals surface area contributed by atoms with Gasteiger partial charge in [0.2, 0.25) is 0 Å². The summed E-state index contributed by atoms with van der Waals surface area (Å²) in [6.07, 6.45) is 4.26. The molecule has 0 radical (unpaired) electrons. The van der Waals surface area contributed by atoms with Crippen molar-refractivity contribution in [3.63, 3.8) is 0 Å². The zero-order chi connectivity index (χ0) is 75.7. The van der Waals surface area contributed by atoms with Crippen LogP contribution in [0.2, 0.25) is 0 Å². The normalized spacial score (nSPS) is 27.8. The molecule has 0 aliphatic carbocycles. The summed E-state index contributed by atoms with van der Waals surface area (Å²) in [5.41, 5.74) is 12.5. The first-order chi connectivity index (χ1) is 47.2. The number of aromatic nitrogens is 2. The molecular formula is C75H97F3N10O11S3. The van der Waals surface area contributed by atoms with Crippen LogP contribution in [0.1, 0.15) is 196 Å². The average molecular weight is 1470 g/mol. The number of nitrogens with zero attached hydrogens (tertiary/aromatic N) is 8. The van der Waals surface area contributed by atoms with Gasteiger partial charge in [0.1, 0.15) is 78.7 Å². The summed E-state index contributed by atoms with van der Waals surface area (Å²) in [7, 11) is -5.47. The summed E-state index contributed by atoms with van der Waals surface area (Å²) < 4.78 is 120. The van der Waals surface area contributed by atoms with Gasteiger partial charge in [-0.25, -0.2) is 48.9 Å². The van der Waals surface area contributed by atoms with Crippen LogP contribution in [0.4, 0.5) is 18.9 Å². The van der Waals surface area contributed by atoms with Gasteiger partial charge in [-0.15, -0.1) is 0 Å². The van der Waals surface area contributed by atoms with E-state index in [4.69, 9.17) is 45.4 Å². The van der Waals surface area contributed by atoms with Gasteiger partial charge in [0.05, 0.1) is 93.9 Å². The molecule has 0 bridgehead atoms. The van der Waals surface area contributed by atoms with Crippen LogP contribution in [-0.2, 0) is 77.7 Å². The number of aliphatic imine (C=N–C) groups is 3. The van der Waals surface area contributed by atoms with Crippen LogP contribution < -0.4 is 20.9 Å². The number of Topliss-reactive ketones (excluding diaryl/α,β-unsaturated/α-hetero) is 2. The molecule has 8 heterocycles. The van der Waals surface area contributed by atoms with E-state index < -0.39 is 116 Å². The number of aryl methyl sites for hydroxylation is 2. The molecule has 0 unspecified atom stereocenters. The van der Waals surface area contributed by atoms with E-state index in [1.54, 1.807) is 160 Å². The van der Waals surface area contributed by atoms with E-state index in [9.17, 15) is 36.2 Å². The summed E-state index contributed by atoms with van der Waals surface area (Å²) in [5, 5.41) is -1.51. The second kappa shape index (κ2) is 27.9. The third-order valence-corrected chi connectivity index (χ3v) is 31.5. The maximum atomic E-state index is 15.6. The van der Waals surface area contributed by atoms with E-state index in [1.165, 1.54) is 50.9 Å². The van der Waals surface area contributed by atoms with Crippen molar-refractivity contribution < 1.29 is 63.9 Å². The first kappa shape index (κ1) is 78.2. The number of halogens is 3. The largest absolute Gasteiger partial charge is 0.495 e. The SMILES string of the molecule is CC(C)(C)OC(=O)CC1=N[C@](C)(c2cc(N)ccc2F)[C@@H]2CCN=[S@]2(=O)C1(C)C.COc1cnc(C(=O)Cc2ccc(F)c([C@@]3(C)N=C(CC(=O)OC(C)(C)C)C(C)(C)[S@@]4(=O)=NCC[C@@H]34)c2)c(C)c1.COc1cnc(C(=O)Cc2ccc(F)c([C@@]3(C)N=C(N)C(C)(C)[S@@]4(=O)=NCC[C@@H]34)c2)c(C)c1. The number of anilines is 1. The summed E-state index contributed by atoms with van der Waals surface area (Å²) in [6.45, 7) is 31.5. The molecule has 6 aliphatic rings. The number of ketones is 2. The van der Waals surface area contributed by atoms with Crippen molar-refractivity contribution in [2.75, 3.05) is 39.6 Å². The van der Waals surface area contributed by atoms with Gasteiger partial charge < -0.3 is 30.4 Å². The van der Waals surface area contributed by atoms with Crippen LogP contribution in [0.15, 0.2) is 107 Å². The lowest BCUT2D eigenvalue weighted by Crippen LogP contribution is -2.58. The fraction of sp³-hybridized carbons (Fsp3) is 0.533. The summed E-state index contributed by atoms with van der Waals surface area (Å²) in [5.74, 6) is -1.50. The number of benzene rings is 3. The monoisotopic (exact) mass is 1470 g/mol. The Labute approximate surface area is 598 Å². The number of amidine groups is 1. The topological polar surface area (TPSA) is 308 Å². The summed E-state index contributed by atoms with van der Waals surface area (Å²) in [6, 6.07) is 16.9. The Morgan fingerprint density at radius 2 is 0.824 bits per heavy atom. The number of rotatable bonds is 15. The molecule has 4 N–H and O–H groups in total. The second-order valence-electron chi connectivity index (χ2n) is 30.9. The number of hydrogen-bond donors (Lipinski definition) is 2. The Morgan fingerprint density at radius 1 is 0.490 bits per heavy atom. The van der Waals surface area contributed by atoms with Crippen LogP contribution >= 0.6 is 0 Å². The van der Waals surface area contributed by atoms with E-state index in [0.717, 1.165) is 0 Å². The van der Waals surface area contributed by atoms with Gasteiger partial charge in [-0.05, 0) is 214 Å². The highest BCUT2D eigenvalue weighted by molar-refractivity contribution is 7.97. The maximum absolute atomic E-state index is 15.6. The zero-order valence-electron chi connectivity index (χ0n) is 61.9. The lowest BCUT2D eigenvalue weighted by Gasteiger charge is -2.46. The minimum absolute atomic E-state index is 0.00603.